The number of carbonyl (C=O) groups excluding carboxylic acids is 1. The predicted octanol–water partition coefficient (Wildman–Crippen LogP) is 6.47. The van der Waals surface area contributed by atoms with Crippen molar-refractivity contribution in [2.24, 2.45) is 0 Å². The van der Waals surface area contributed by atoms with Crippen LogP contribution < -0.4 is 4.90 Å². The van der Waals surface area contributed by atoms with Crippen molar-refractivity contribution in [2.75, 3.05) is 11.4 Å². The number of imidazole rings is 1. The van der Waals surface area contributed by atoms with E-state index in [0.29, 0.717) is 29.6 Å². The van der Waals surface area contributed by atoms with E-state index in [0.717, 1.165) is 34.5 Å². The van der Waals surface area contributed by atoms with Gasteiger partial charge in [0.1, 0.15) is 5.82 Å². The normalized spacial score (nSPS) is 16.3. The molecule has 2 heterocycles. The van der Waals surface area contributed by atoms with Crippen LogP contribution in [-0.4, -0.2) is 22.0 Å². The average molecular weight is 464 g/mol. The second-order valence-corrected chi connectivity index (χ2v) is 9.05. The third kappa shape index (κ3) is 3.89. The van der Waals surface area contributed by atoms with Crippen LogP contribution in [0.5, 0.6) is 0 Å². The number of halogens is 2. The SMILES string of the molecule is CCc1ccc(N2CC(c3nc4ccccc4n3Cc3ccc(Cl)cc3Cl)CC2=O)cc1. The van der Waals surface area contributed by atoms with Gasteiger partial charge in [-0.2, -0.15) is 0 Å². The molecule has 1 aromatic heterocycles. The van der Waals surface area contributed by atoms with Crippen molar-refractivity contribution >= 4 is 45.8 Å². The summed E-state index contributed by atoms with van der Waals surface area (Å²) < 4.78 is 2.19. The first-order valence-electron chi connectivity index (χ1n) is 10.8. The van der Waals surface area contributed by atoms with Crippen LogP contribution >= 0.6 is 23.2 Å². The van der Waals surface area contributed by atoms with Crippen LogP contribution in [-0.2, 0) is 17.8 Å². The van der Waals surface area contributed by atoms with E-state index >= 15 is 0 Å². The average Bonchev–Trinajstić information content (AvgIpc) is 3.36. The number of carbonyl (C=O) groups is 1. The Bertz CT molecular complexity index is 1300. The number of fused-ring (bicyclic) bond motifs is 1. The Hall–Kier alpha value is -2.82. The molecule has 0 spiro atoms. The smallest absolute Gasteiger partial charge is 0.227 e. The van der Waals surface area contributed by atoms with Crippen molar-refractivity contribution < 1.29 is 4.79 Å². The third-order valence-electron chi connectivity index (χ3n) is 6.17. The topological polar surface area (TPSA) is 38.1 Å². The van der Waals surface area contributed by atoms with Crippen molar-refractivity contribution in [3.8, 4) is 0 Å². The Morgan fingerprint density at radius 2 is 1.81 bits per heavy atom. The van der Waals surface area contributed by atoms with Crippen LogP contribution in [0.1, 0.15) is 36.2 Å². The third-order valence-corrected chi connectivity index (χ3v) is 6.76. The molecule has 0 bridgehead atoms. The zero-order chi connectivity index (χ0) is 22.2. The number of aryl methyl sites for hydroxylation is 1. The number of hydrogen-bond acceptors (Lipinski definition) is 2. The van der Waals surface area contributed by atoms with Crippen molar-refractivity contribution in [3.05, 3.63) is 93.7 Å². The van der Waals surface area contributed by atoms with Crippen LogP contribution in [0.4, 0.5) is 5.69 Å². The van der Waals surface area contributed by atoms with E-state index in [9.17, 15) is 4.79 Å². The van der Waals surface area contributed by atoms with Crippen molar-refractivity contribution in [2.45, 2.75) is 32.2 Å². The molecule has 4 aromatic rings. The van der Waals surface area contributed by atoms with E-state index in [2.05, 4.69) is 29.7 Å². The molecule has 0 N–H and O–H groups in total. The van der Waals surface area contributed by atoms with Gasteiger partial charge in [0, 0.05) is 34.6 Å². The van der Waals surface area contributed by atoms with Gasteiger partial charge in [0.05, 0.1) is 17.6 Å². The Kier molecular flexibility index (Phi) is 5.66. The van der Waals surface area contributed by atoms with Gasteiger partial charge in [-0.15, -0.1) is 0 Å². The summed E-state index contributed by atoms with van der Waals surface area (Å²) in [4.78, 5) is 19.8. The van der Waals surface area contributed by atoms with E-state index in [-0.39, 0.29) is 11.8 Å². The van der Waals surface area contributed by atoms with Crippen LogP contribution in [0, 0.1) is 0 Å². The molecule has 1 amide bonds. The molecule has 1 unspecified atom stereocenters. The first kappa shape index (κ1) is 21.0. The summed E-state index contributed by atoms with van der Waals surface area (Å²) in [6, 6.07) is 21.9. The summed E-state index contributed by atoms with van der Waals surface area (Å²) in [7, 11) is 0. The molecule has 3 aromatic carbocycles. The lowest BCUT2D eigenvalue weighted by Crippen LogP contribution is -2.24. The fourth-order valence-electron chi connectivity index (χ4n) is 4.43. The molecule has 1 fully saturated rings. The van der Waals surface area contributed by atoms with Gasteiger partial charge < -0.3 is 9.47 Å². The van der Waals surface area contributed by atoms with Gasteiger partial charge in [0.2, 0.25) is 5.91 Å². The van der Waals surface area contributed by atoms with Crippen molar-refractivity contribution in [1.82, 2.24) is 9.55 Å². The van der Waals surface area contributed by atoms with Gasteiger partial charge in [0.25, 0.3) is 0 Å². The number of anilines is 1. The van der Waals surface area contributed by atoms with Crippen molar-refractivity contribution in [1.29, 1.82) is 0 Å². The second kappa shape index (κ2) is 8.61. The molecule has 1 saturated heterocycles. The maximum atomic E-state index is 12.9. The van der Waals surface area contributed by atoms with Gasteiger partial charge in [-0.3, -0.25) is 4.79 Å². The van der Waals surface area contributed by atoms with Crippen LogP contribution in [0.2, 0.25) is 10.0 Å². The number of hydrogen-bond donors (Lipinski definition) is 0. The van der Waals surface area contributed by atoms with E-state index in [4.69, 9.17) is 28.2 Å². The zero-order valence-corrected chi connectivity index (χ0v) is 19.3. The fourth-order valence-corrected chi connectivity index (χ4v) is 4.90. The number of amides is 1. The lowest BCUT2D eigenvalue weighted by molar-refractivity contribution is -0.117. The second-order valence-electron chi connectivity index (χ2n) is 8.21. The first-order valence-corrected chi connectivity index (χ1v) is 11.6. The summed E-state index contributed by atoms with van der Waals surface area (Å²) in [5, 5.41) is 1.24. The number of benzene rings is 3. The van der Waals surface area contributed by atoms with Crippen LogP contribution in [0.3, 0.4) is 0 Å². The highest BCUT2D eigenvalue weighted by atomic mass is 35.5. The molecule has 5 rings (SSSR count). The minimum absolute atomic E-state index is 0.00632. The summed E-state index contributed by atoms with van der Waals surface area (Å²) in [5.41, 5.74) is 5.13. The standard InChI is InChI=1S/C26H23Cl2N3O/c1-2-17-7-11-21(12-8-17)30-16-19(13-25(30)32)26-29-23-5-3-4-6-24(23)31(26)15-18-9-10-20(27)14-22(18)28/h3-12,14,19H,2,13,15-16H2,1H3. The first-order chi connectivity index (χ1) is 15.5. The molecule has 1 aliphatic heterocycles. The highest BCUT2D eigenvalue weighted by molar-refractivity contribution is 6.35. The van der Waals surface area contributed by atoms with Gasteiger partial charge in [0.15, 0.2) is 0 Å². The van der Waals surface area contributed by atoms with E-state index in [1.807, 2.05) is 47.4 Å². The zero-order valence-electron chi connectivity index (χ0n) is 17.8. The molecule has 1 aliphatic rings. The Balaban J connectivity index is 1.51. The predicted molar refractivity (Wildman–Crippen MR) is 131 cm³/mol. The molecule has 1 atom stereocenters. The minimum Gasteiger partial charge on any atom is -0.323 e. The minimum atomic E-state index is 0.00632. The van der Waals surface area contributed by atoms with Crippen LogP contribution in [0.15, 0.2) is 66.7 Å². The molecule has 6 heteroatoms. The van der Waals surface area contributed by atoms with Gasteiger partial charge in [-0.25, -0.2) is 4.98 Å². The summed E-state index contributed by atoms with van der Waals surface area (Å²) >= 11 is 12.6. The summed E-state index contributed by atoms with van der Waals surface area (Å²) in [6.45, 7) is 3.31. The molecule has 0 aliphatic carbocycles. The lowest BCUT2D eigenvalue weighted by Gasteiger charge is -2.18. The molecule has 0 saturated carbocycles. The molecular formula is C26H23Cl2N3O. The molecule has 0 radical (unpaired) electrons. The van der Waals surface area contributed by atoms with Gasteiger partial charge >= 0.3 is 0 Å². The number of rotatable bonds is 5. The van der Waals surface area contributed by atoms with Gasteiger partial charge in [-0.05, 0) is 53.9 Å². The molecule has 162 valence electrons. The Morgan fingerprint density at radius 1 is 1.03 bits per heavy atom. The van der Waals surface area contributed by atoms with Gasteiger partial charge in [-0.1, -0.05) is 60.5 Å². The maximum Gasteiger partial charge on any atom is 0.227 e. The van der Waals surface area contributed by atoms with E-state index in [1.165, 1.54) is 5.56 Å². The van der Waals surface area contributed by atoms with Crippen LogP contribution in [0.25, 0.3) is 11.0 Å². The monoisotopic (exact) mass is 463 g/mol. The molecule has 4 nitrogen and oxygen atoms in total. The van der Waals surface area contributed by atoms with E-state index < -0.39 is 0 Å². The lowest BCUT2D eigenvalue weighted by atomic mass is 10.1. The maximum absolute atomic E-state index is 12.9. The quantitative estimate of drug-likeness (QED) is 0.339. The largest absolute Gasteiger partial charge is 0.323 e. The highest BCUT2D eigenvalue weighted by Gasteiger charge is 2.35. The highest BCUT2D eigenvalue weighted by Crippen LogP contribution is 2.34. The molecule has 32 heavy (non-hydrogen) atoms. The molecular weight excluding hydrogens is 441 g/mol. The van der Waals surface area contributed by atoms with E-state index in [1.54, 1.807) is 6.07 Å². The number of aromatic nitrogens is 2. The summed E-state index contributed by atoms with van der Waals surface area (Å²) in [5.74, 6) is 1.05. The summed E-state index contributed by atoms with van der Waals surface area (Å²) in [6.07, 6.45) is 1.42. The van der Waals surface area contributed by atoms with Crippen molar-refractivity contribution in [3.63, 3.8) is 0 Å². The Labute approximate surface area is 197 Å². The number of nitrogens with zero attached hydrogens (tertiary/aromatic N) is 3. The number of para-hydroxylation sites is 2. The Morgan fingerprint density at radius 3 is 2.56 bits per heavy atom. The fraction of sp³-hybridized carbons (Fsp3) is 0.231.